The summed E-state index contributed by atoms with van der Waals surface area (Å²) in [6, 6.07) is 3.44. The van der Waals surface area contributed by atoms with E-state index in [0.717, 1.165) is 0 Å². The molecule has 2 amide bonds. The van der Waals surface area contributed by atoms with Gasteiger partial charge in [0.1, 0.15) is 5.75 Å². The Balaban J connectivity index is 2.55. The quantitative estimate of drug-likeness (QED) is 0.247. The molecule has 1 aromatic rings. The normalized spacial score (nSPS) is 27.1. The number of carbonyl (C=O) groups excluding carboxylic acids is 2. The zero-order chi connectivity index (χ0) is 30.0. The Bertz CT molecular complexity index is 1140. The fourth-order valence-corrected chi connectivity index (χ4v) is 5.18. The van der Waals surface area contributed by atoms with Crippen molar-refractivity contribution in [1.29, 1.82) is 0 Å². The molecule has 2 rings (SSSR count). The third-order valence-electron chi connectivity index (χ3n) is 7.36. The zero-order valence-corrected chi connectivity index (χ0v) is 24.4. The highest BCUT2D eigenvalue weighted by Gasteiger charge is 2.30. The number of aliphatic hydroxyl groups excluding tert-OH is 1. The van der Waals surface area contributed by atoms with Crippen LogP contribution in [0.1, 0.15) is 58.1 Å². The number of primary amides is 1. The second-order valence-electron chi connectivity index (χ2n) is 10.7. The molecule has 0 spiro atoms. The van der Waals surface area contributed by atoms with Crippen LogP contribution in [0.5, 0.6) is 5.75 Å². The Kier molecular flexibility index (Phi) is 12.7. The number of phenols is 1. The molecule has 5 N–H and O–H groups in total. The van der Waals surface area contributed by atoms with Crippen LogP contribution in [0.2, 0.25) is 0 Å². The molecule has 0 aliphatic carbocycles. The highest BCUT2D eigenvalue weighted by molar-refractivity contribution is 6.03. The molecule has 1 aliphatic rings. The lowest BCUT2D eigenvalue weighted by Gasteiger charge is -2.30. The van der Waals surface area contributed by atoms with E-state index in [0.29, 0.717) is 53.6 Å². The summed E-state index contributed by atoms with van der Waals surface area (Å²) in [6.45, 7) is 7.38. The van der Waals surface area contributed by atoms with Crippen LogP contribution in [0.15, 0.2) is 35.4 Å². The number of hydrogen-bond acceptors (Lipinski definition) is 7. The zero-order valence-electron chi connectivity index (χ0n) is 24.4. The standard InChI is InChI=1S/C31H44N2O7/c1-8-10-22-16-24-17-23(28(22)35)13-18(2)14-26(39-7)27(34)20(4)15-21(5)29(40-31(32)37)25(38-6)12-9-11-19(3)30(36)33-24/h1,11,15-18,20,25-27,29,34-35H,9-10,12-14H2,2-7H3,(H2,32,37)(H,33,36). The largest absolute Gasteiger partial charge is 0.507 e. The third-order valence-corrected chi connectivity index (χ3v) is 7.36. The van der Waals surface area contributed by atoms with Gasteiger partial charge < -0.3 is 35.5 Å². The predicted octanol–water partition coefficient (Wildman–Crippen LogP) is 4.25. The van der Waals surface area contributed by atoms with Crippen LogP contribution < -0.4 is 11.1 Å². The van der Waals surface area contributed by atoms with Crippen molar-refractivity contribution in [3.8, 4) is 18.1 Å². The van der Waals surface area contributed by atoms with Crippen molar-refractivity contribution in [2.45, 2.75) is 84.2 Å². The monoisotopic (exact) mass is 556 g/mol. The molecule has 9 heteroatoms. The number of methoxy groups -OCH3 is 2. The molecule has 1 heterocycles. The number of hydrogen-bond donors (Lipinski definition) is 4. The first-order chi connectivity index (χ1) is 18.9. The summed E-state index contributed by atoms with van der Waals surface area (Å²) in [5.74, 6) is 2.02. The molecule has 40 heavy (non-hydrogen) atoms. The van der Waals surface area contributed by atoms with Crippen LogP contribution in [0, 0.1) is 24.2 Å². The van der Waals surface area contributed by atoms with Gasteiger partial charge >= 0.3 is 6.09 Å². The number of amides is 2. The first-order valence-corrected chi connectivity index (χ1v) is 13.6. The molecule has 0 aromatic heterocycles. The average molecular weight is 557 g/mol. The fourth-order valence-electron chi connectivity index (χ4n) is 5.18. The number of nitrogens with two attached hydrogens (primary N) is 1. The van der Waals surface area contributed by atoms with Crippen molar-refractivity contribution in [1.82, 2.24) is 0 Å². The van der Waals surface area contributed by atoms with E-state index in [4.69, 9.17) is 26.4 Å². The number of anilines is 1. The summed E-state index contributed by atoms with van der Waals surface area (Å²) in [6.07, 6.45) is 7.63. The van der Waals surface area contributed by atoms with E-state index in [9.17, 15) is 19.8 Å². The molecule has 6 atom stereocenters. The van der Waals surface area contributed by atoms with Crippen LogP contribution in [0.4, 0.5) is 10.5 Å². The van der Waals surface area contributed by atoms with E-state index in [1.165, 1.54) is 7.11 Å². The van der Waals surface area contributed by atoms with E-state index >= 15 is 0 Å². The molecule has 0 radical (unpaired) electrons. The maximum atomic E-state index is 13.0. The summed E-state index contributed by atoms with van der Waals surface area (Å²) in [5, 5.41) is 25.0. The second kappa shape index (κ2) is 15.5. The average Bonchev–Trinajstić information content (AvgIpc) is 2.90. The van der Waals surface area contributed by atoms with Gasteiger partial charge in [-0.3, -0.25) is 4.79 Å². The van der Waals surface area contributed by atoms with E-state index in [-0.39, 0.29) is 29.9 Å². The van der Waals surface area contributed by atoms with Crippen molar-refractivity contribution in [2.75, 3.05) is 19.5 Å². The van der Waals surface area contributed by atoms with E-state index in [1.807, 2.05) is 19.9 Å². The molecule has 9 nitrogen and oxygen atoms in total. The van der Waals surface area contributed by atoms with Crippen molar-refractivity contribution >= 4 is 17.7 Å². The topological polar surface area (TPSA) is 140 Å². The van der Waals surface area contributed by atoms with E-state index < -0.39 is 30.5 Å². The Morgan fingerprint density at radius 1 is 1.20 bits per heavy atom. The molecule has 0 saturated heterocycles. The van der Waals surface area contributed by atoms with Crippen molar-refractivity contribution < 1.29 is 34.0 Å². The van der Waals surface area contributed by atoms with Crippen LogP contribution in [-0.4, -0.2) is 60.8 Å². The van der Waals surface area contributed by atoms with Gasteiger partial charge in [-0.05, 0) is 68.7 Å². The van der Waals surface area contributed by atoms with Gasteiger partial charge in [-0.25, -0.2) is 4.79 Å². The minimum atomic E-state index is -0.935. The summed E-state index contributed by atoms with van der Waals surface area (Å²) in [4.78, 5) is 24.7. The van der Waals surface area contributed by atoms with E-state index in [1.54, 1.807) is 39.2 Å². The Morgan fingerprint density at radius 3 is 2.48 bits per heavy atom. The summed E-state index contributed by atoms with van der Waals surface area (Å²) >= 11 is 0. The highest BCUT2D eigenvalue weighted by Crippen LogP contribution is 2.32. The molecule has 1 aromatic carbocycles. The first kappa shape index (κ1) is 32.9. The van der Waals surface area contributed by atoms with Crippen molar-refractivity contribution in [3.63, 3.8) is 0 Å². The molecule has 0 fully saturated rings. The lowest BCUT2D eigenvalue weighted by Crippen LogP contribution is -2.37. The third kappa shape index (κ3) is 9.12. The first-order valence-electron chi connectivity index (χ1n) is 13.6. The molecule has 1 aliphatic heterocycles. The molecule has 6 unspecified atom stereocenters. The number of aliphatic hydroxyl groups is 1. The van der Waals surface area contributed by atoms with Gasteiger partial charge in [0.2, 0.25) is 0 Å². The number of carbonyl (C=O) groups is 2. The van der Waals surface area contributed by atoms with Gasteiger partial charge in [0, 0.05) is 43.4 Å². The predicted molar refractivity (Wildman–Crippen MR) is 155 cm³/mol. The number of terminal acetylenes is 1. The Morgan fingerprint density at radius 2 is 1.88 bits per heavy atom. The van der Waals surface area contributed by atoms with Crippen LogP contribution in [0.25, 0.3) is 0 Å². The minimum absolute atomic E-state index is 0.0000513. The van der Waals surface area contributed by atoms with Gasteiger partial charge in [-0.1, -0.05) is 26.0 Å². The fraction of sp³-hybridized carbons (Fsp3) is 0.548. The number of allylic oxidation sites excluding steroid dienone is 1. The molecule has 220 valence electrons. The number of aromatic hydroxyl groups is 1. The smallest absolute Gasteiger partial charge is 0.405 e. The van der Waals surface area contributed by atoms with Gasteiger partial charge in [-0.2, -0.15) is 0 Å². The molecule has 0 saturated carbocycles. The lowest BCUT2D eigenvalue weighted by molar-refractivity contribution is -0.112. The van der Waals surface area contributed by atoms with Gasteiger partial charge in [0.25, 0.3) is 5.91 Å². The lowest BCUT2D eigenvalue weighted by atomic mass is 9.87. The maximum Gasteiger partial charge on any atom is 0.405 e. The van der Waals surface area contributed by atoms with Gasteiger partial charge in [0.05, 0.1) is 18.3 Å². The van der Waals surface area contributed by atoms with Crippen molar-refractivity contribution in [2.24, 2.45) is 17.6 Å². The van der Waals surface area contributed by atoms with E-state index in [2.05, 4.69) is 11.2 Å². The highest BCUT2D eigenvalue weighted by atomic mass is 16.6. The summed E-state index contributed by atoms with van der Waals surface area (Å²) in [5.41, 5.74) is 8.28. The molecule has 2 bridgehead atoms. The Labute approximate surface area is 237 Å². The van der Waals surface area contributed by atoms with Crippen LogP contribution in [-0.2, 0) is 31.8 Å². The number of rotatable bonds is 4. The van der Waals surface area contributed by atoms with Crippen LogP contribution in [0.3, 0.4) is 0 Å². The molecular weight excluding hydrogens is 512 g/mol. The summed E-state index contributed by atoms with van der Waals surface area (Å²) in [7, 11) is 3.07. The number of phenolic OH excluding ortho intramolecular Hbond substituents is 1. The van der Waals surface area contributed by atoms with Crippen molar-refractivity contribution in [3.05, 3.63) is 46.6 Å². The van der Waals surface area contributed by atoms with Gasteiger partial charge in [-0.15, -0.1) is 12.3 Å². The van der Waals surface area contributed by atoms with Gasteiger partial charge in [0.15, 0.2) is 6.10 Å². The minimum Gasteiger partial charge on any atom is -0.507 e. The maximum absolute atomic E-state index is 13.0. The number of nitrogens with one attached hydrogen (secondary N) is 1. The number of benzene rings is 1. The Hall–Kier alpha value is -3.32. The number of fused-ring (bicyclic) bond motifs is 2. The second-order valence-corrected chi connectivity index (χ2v) is 10.7. The summed E-state index contributed by atoms with van der Waals surface area (Å²) < 4.78 is 16.8. The van der Waals surface area contributed by atoms with Crippen LogP contribution >= 0.6 is 0 Å². The molecular formula is C31H44N2O7. The SMILES string of the molecule is C#CCc1cc2cc(c1O)CC(C)CC(OC)C(O)C(C)C=C(C)C(OC(N)=O)C(OC)CCC=C(C)C(=O)N2. The number of ether oxygens (including phenoxy) is 3.